The second-order valence-electron chi connectivity index (χ2n) is 12.0. The van der Waals surface area contributed by atoms with Crippen molar-refractivity contribution >= 4 is 18.7 Å². The molecule has 1 heterocycles. The Bertz CT molecular complexity index is 1290. The number of benzene rings is 2. The zero-order chi connectivity index (χ0) is 27.7. The van der Waals surface area contributed by atoms with Crippen LogP contribution in [0.15, 0.2) is 90.9 Å². The lowest BCUT2D eigenvalue weighted by Crippen LogP contribution is -2.65. The highest BCUT2D eigenvalue weighted by Gasteiger charge is 2.60. The monoisotopic (exact) mass is 544 g/mol. The van der Waals surface area contributed by atoms with Gasteiger partial charge >= 0.3 is 0 Å². The van der Waals surface area contributed by atoms with Crippen molar-refractivity contribution in [1.29, 1.82) is 0 Å². The number of nitrogens with zero attached hydrogens (tertiary/aromatic N) is 2. The van der Waals surface area contributed by atoms with Crippen LogP contribution in [0.4, 0.5) is 4.39 Å². The normalized spacial score (nSPS) is 23.0. The van der Waals surface area contributed by atoms with E-state index >= 15 is 0 Å². The molecule has 1 unspecified atom stereocenters. The highest BCUT2D eigenvalue weighted by Crippen LogP contribution is 2.63. The lowest BCUT2D eigenvalue weighted by molar-refractivity contribution is 0.170. The first kappa shape index (κ1) is 27.6. The summed E-state index contributed by atoms with van der Waals surface area (Å²) < 4.78 is 22.7. The molecule has 6 heteroatoms. The summed E-state index contributed by atoms with van der Waals surface area (Å²) in [4.78, 5) is 12.6. The minimum Gasteiger partial charge on any atom is -0.489 e. The Kier molecular flexibility index (Phi) is 7.71. The summed E-state index contributed by atoms with van der Waals surface area (Å²) in [7, 11) is -3.07. The Morgan fingerprint density at radius 2 is 1.74 bits per heavy atom. The van der Waals surface area contributed by atoms with Crippen molar-refractivity contribution in [3.63, 3.8) is 0 Å². The van der Waals surface area contributed by atoms with Gasteiger partial charge in [-0.15, -0.1) is 0 Å². The fourth-order valence-corrected chi connectivity index (χ4v) is 10.4. The number of aryl methyl sites for hydroxylation is 2. The first-order valence-electron chi connectivity index (χ1n) is 14.2. The maximum atomic E-state index is 14.4. The van der Waals surface area contributed by atoms with E-state index in [1.165, 1.54) is 0 Å². The molecule has 0 amide bonds. The Balaban J connectivity index is 1.37. The van der Waals surface area contributed by atoms with Gasteiger partial charge in [-0.1, -0.05) is 86.7 Å². The highest BCUT2D eigenvalue weighted by atomic mass is 28.4. The van der Waals surface area contributed by atoms with Crippen molar-refractivity contribution in [2.24, 2.45) is 17.3 Å². The molecule has 206 valence electrons. The van der Waals surface area contributed by atoms with E-state index in [9.17, 15) is 9.19 Å². The Morgan fingerprint density at radius 3 is 2.31 bits per heavy atom. The van der Waals surface area contributed by atoms with E-state index in [0.29, 0.717) is 18.9 Å². The maximum absolute atomic E-state index is 14.4. The van der Waals surface area contributed by atoms with Gasteiger partial charge in [-0.25, -0.2) is 4.39 Å². The molecule has 0 radical (unpaired) electrons. The van der Waals surface area contributed by atoms with Crippen molar-refractivity contribution in [2.75, 3.05) is 6.61 Å². The maximum Gasteiger partial charge on any atom is 0.258 e. The third-order valence-electron chi connectivity index (χ3n) is 9.26. The average molecular weight is 545 g/mol. The van der Waals surface area contributed by atoms with Crippen molar-refractivity contribution in [3.05, 3.63) is 96.6 Å². The zero-order valence-electron chi connectivity index (χ0n) is 23.6. The SMILES string of the molecule is CCn1cc(OC[C@@]2(C3C=CC=C(F)C3)C[C@H]2CCC(C)(C)[Si](O)(c2ccccc2)c2ccccc2)c(C)n1. The predicted octanol–water partition coefficient (Wildman–Crippen LogP) is 6.34. The topological polar surface area (TPSA) is 47.3 Å². The van der Waals surface area contributed by atoms with Gasteiger partial charge in [0.15, 0.2) is 5.75 Å². The third-order valence-corrected chi connectivity index (χ3v) is 13.8. The number of hydrogen-bond donors (Lipinski definition) is 1. The van der Waals surface area contributed by atoms with Gasteiger partial charge in [0.05, 0.1) is 12.8 Å². The van der Waals surface area contributed by atoms with Crippen LogP contribution in [0.2, 0.25) is 5.04 Å². The van der Waals surface area contributed by atoms with Crippen LogP contribution in [0.1, 0.15) is 52.1 Å². The van der Waals surface area contributed by atoms with Gasteiger partial charge in [0.25, 0.3) is 8.32 Å². The molecule has 3 atom stereocenters. The van der Waals surface area contributed by atoms with Crippen molar-refractivity contribution in [2.45, 2.75) is 65.0 Å². The second-order valence-corrected chi connectivity index (χ2v) is 16.0. The quantitative estimate of drug-likeness (QED) is 0.287. The van der Waals surface area contributed by atoms with Gasteiger partial charge in [0, 0.05) is 18.4 Å². The number of ether oxygens (including phenoxy) is 1. The fourth-order valence-electron chi connectivity index (χ4n) is 6.60. The number of allylic oxidation sites excluding steroid dienone is 4. The zero-order valence-corrected chi connectivity index (χ0v) is 24.6. The molecule has 1 N–H and O–H groups in total. The number of halogens is 1. The van der Waals surface area contributed by atoms with Crippen LogP contribution < -0.4 is 15.1 Å². The molecule has 5 rings (SSSR count). The summed E-state index contributed by atoms with van der Waals surface area (Å²) in [6.07, 6.45) is 10.9. The van der Waals surface area contributed by atoms with Gasteiger partial charge in [0.2, 0.25) is 0 Å². The Labute approximate surface area is 233 Å². The van der Waals surface area contributed by atoms with E-state index in [2.05, 4.69) is 56.2 Å². The van der Waals surface area contributed by atoms with Gasteiger partial charge in [-0.05, 0) is 66.4 Å². The number of hydrogen-bond acceptors (Lipinski definition) is 3. The minimum absolute atomic E-state index is 0.0576. The number of aromatic nitrogens is 2. The summed E-state index contributed by atoms with van der Waals surface area (Å²) in [5.41, 5.74) is 0.773. The molecular weight excluding hydrogens is 503 g/mol. The molecule has 0 bridgehead atoms. The standard InChI is InChI=1S/C33H41FN2O2Si/c1-5-36-23-31(25(2)35-36)38-24-33(26-13-12-14-28(34)21-26)22-27(33)19-20-32(3,4)39(37,29-15-8-6-9-16-29)30-17-10-7-11-18-30/h6-18,23,26-27,37H,5,19-22,24H2,1-4H3/t26?,27-,33-/m1/s1. The van der Waals surface area contributed by atoms with E-state index < -0.39 is 8.32 Å². The van der Waals surface area contributed by atoms with Crippen molar-refractivity contribution in [3.8, 4) is 5.75 Å². The lowest BCUT2D eigenvalue weighted by atomic mass is 9.81. The fraction of sp³-hybridized carbons (Fsp3) is 0.424. The summed E-state index contributed by atoms with van der Waals surface area (Å²) in [6, 6.07) is 20.4. The molecule has 0 saturated heterocycles. The molecule has 1 fully saturated rings. The first-order chi connectivity index (χ1) is 18.7. The van der Waals surface area contributed by atoms with Crippen LogP contribution >= 0.6 is 0 Å². The molecule has 2 aromatic carbocycles. The Hall–Kier alpha value is -2.96. The molecule has 1 aromatic heterocycles. The van der Waals surface area contributed by atoms with E-state index in [1.807, 2.05) is 60.3 Å². The molecule has 3 aromatic rings. The van der Waals surface area contributed by atoms with Crippen LogP contribution in [-0.4, -0.2) is 29.5 Å². The van der Waals surface area contributed by atoms with Crippen LogP contribution in [0, 0.1) is 24.2 Å². The van der Waals surface area contributed by atoms with Gasteiger partial charge < -0.3 is 9.53 Å². The van der Waals surface area contributed by atoms with E-state index in [-0.39, 0.29) is 22.2 Å². The Morgan fingerprint density at radius 1 is 1.10 bits per heavy atom. The molecular formula is C33H41FN2O2Si. The van der Waals surface area contributed by atoms with Crippen LogP contribution in [0.5, 0.6) is 5.75 Å². The van der Waals surface area contributed by atoms with E-state index in [4.69, 9.17) is 4.74 Å². The van der Waals surface area contributed by atoms with Crippen LogP contribution in [0.3, 0.4) is 0 Å². The molecule has 1 saturated carbocycles. The van der Waals surface area contributed by atoms with Gasteiger partial charge in [-0.2, -0.15) is 5.10 Å². The average Bonchev–Trinajstić information content (AvgIpc) is 3.56. The molecule has 0 spiro atoms. The van der Waals surface area contributed by atoms with Crippen molar-refractivity contribution in [1.82, 2.24) is 9.78 Å². The predicted molar refractivity (Wildman–Crippen MR) is 159 cm³/mol. The minimum atomic E-state index is -3.07. The highest BCUT2D eigenvalue weighted by molar-refractivity contribution is 6.98. The molecule has 39 heavy (non-hydrogen) atoms. The summed E-state index contributed by atoms with van der Waals surface area (Å²) in [6.45, 7) is 9.84. The van der Waals surface area contributed by atoms with E-state index in [0.717, 1.165) is 47.6 Å². The molecule has 2 aliphatic rings. The van der Waals surface area contributed by atoms with Crippen LogP contribution in [-0.2, 0) is 6.54 Å². The van der Waals surface area contributed by atoms with E-state index in [1.54, 1.807) is 6.08 Å². The van der Waals surface area contributed by atoms with Gasteiger partial charge in [0.1, 0.15) is 11.5 Å². The molecule has 4 nitrogen and oxygen atoms in total. The second kappa shape index (κ2) is 10.9. The summed E-state index contributed by atoms with van der Waals surface area (Å²) >= 11 is 0. The smallest absolute Gasteiger partial charge is 0.258 e. The first-order valence-corrected chi connectivity index (χ1v) is 16.2. The third kappa shape index (κ3) is 5.29. The largest absolute Gasteiger partial charge is 0.489 e. The summed E-state index contributed by atoms with van der Waals surface area (Å²) in [5, 5.41) is 6.30. The number of rotatable bonds is 11. The lowest BCUT2D eigenvalue weighted by Gasteiger charge is -2.41. The van der Waals surface area contributed by atoms with Gasteiger partial charge in [-0.3, -0.25) is 4.68 Å². The van der Waals surface area contributed by atoms with Crippen molar-refractivity contribution < 1.29 is 13.9 Å². The molecule has 2 aliphatic carbocycles. The summed E-state index contributed by atoms with van der Waals surface area (Å²) in [5.74, 6) is 1.27. The molecule has 0 aliphatic heterocycles. The van der Waals surface area contributed by atoms with Crippen LogP contribution in [0.25, 0.3) is 0 Å².